The Hall–Kier alpha value is -5.39. The molecule has 3 heterocycles. The van der Waals surface area contributed by atoms with Gasteiger partial charge in [-0.3, -0.25) is 4.98 Å². The quantitative estimate of drug-likeness (QED) is 0.118. The third-order valence-corrected chi connectivity index (χ3v) is 11.8. The average Bonchev–Trinajstić information content (AvgIpc) is 3.77. The monoisotopic (exact) mass is 910 g/mol. The van der Waals surface area contributed by atoms with Crippen molar-refractivity contribution in [2.24, 2.45) is 5.92 Å². The molecule has 0 amide bonds. The van der Waals surface area contributed by atoms with E-state index in [1.807, 2.05) is 78.9 Å². The van der Waals surface area contributed by atoms with E-state index in [-0.39, 0.29) is 20.1 Å². The summed E-state index contributed by atoms with van der Waals surface area (Å²) in [6.07, 6.45) is 3.23. The first-order valence-corrected chi connectivity index (χ1v) is 22.2. The summed E-state index contributed by atoms with van der Waals surface area (Å²) in [5, 5.41) is 3.66. The molecule has 275 valence electrons. The second kappa shape index (κ2) is 16.1. The zero-order valence-corrected chi connectivity index (χ0v) is 35.2. The van der Waals surface area contributed by atoms with Crippen LogP contribution in [0.15, 0.2) is 156 Å². The predicted molar refractivity (Wildman–Crippen MR) is 228 cm³/mol. The van der Waals surface area contributed by atoms with Crippen molar-refractivity contribution in [3.63, 3.8) is 0 Å². The zero-order valence-electron chi connectivity index (χ0n) is 31.8. The molecule has 0 fully saturated rings. The second-order valence-corrected chi connectivity index (χ2v) is 20.3. The number of fused-ring (bicyclic) bond motifs is 4. The molecule has 1 radical (unpaired) electrons. The summed E-state index contributed by atoms with van der Waals surface area (Å²) in [6.45, 7) is 11.8. The second-order valence-electron chi connectivity index (χ2n) is 15.2. The van der Waals surface area contributed by atoms with Crippen molar-refractivity contribution in [1.82, 2.24) is 14.5 Å². The Labute approximate surface area is 338 Å². The minimum absolute atomic E-state index is 0. The number of pyridine rings is 1. The van der Waals surface area contributed by atoms with E-state index >= 15 is 0 Å². The van der Waals surface area contributed by atoms with Crippen LogP contribution in [0.25, 0.3) is 72.4 Å². The fourth-order valence-electron chi connectivity index (χ4n) is 7.19. The van der Waals surface area contributed by atoms with Gasteiger partial charge in [0.15, 0.2) is 0 Å². The van der Waals surface area contributed by atoms with Gasteiger partial charge in [0.2, 0.25) is 0 Å². The van der Waals surface area contributed by atoms with Crippen LogP contribution in [-0.2, 0) is 26.5 Å². The van der Waals surface area contributed by atoms with E-state index < -0.39 is 8.07 Å². The maximum absolute atomic E-state index is 6.08. The largest absolute Gasteiger partial charge is 0.476 e. The molecule has 0 saturated heterocycles. The summed E-state index contributed by atoms with van der Waals surface area (Å²) in [5.74, 6) is 1.50. The SMILES string of the molecule is CC(C)Cc1cc(-c2[c-]ccc(-c3ccccc3)c2)ncc1[Si](C)(C)C.[Ir].[c-]1cc2c(cc1-c1nc3ccccc3n1-c1ccccc1)oc1ccccc12. The molecule has 0 bridgehead atoms. The molecule has 0 aliphatic carbocycles. The Kier molecular flexibility index (Phi) is 11.1. The summed E-state index contributed by atoms with van der Waals surface area (Å²) in [5.41, 5.74) is 11.7. The Morgan fingerprint density at radius 3 is 2.16 bits per heavy atom. The van der Waals surface area contributed by atoms with E-state index in [1.165, 1.54) is 21.9 Å². The van der Waals surface area contributed by atoms with Crippen LogP contribution in [-0.4, -0.2) is 22.6 Å². The van der Waals surface area contributed by atoms with Crippen molar-refractivity contribution < 1.29 is 24.5 Å². The van der Waals surface area contributed by atoms with Gasteiger partial charge in [0.05, 0.1) is 30.5 Å². The predicted octanol–water partition coefficient (Wildman–Crippen LogP) is 12.3. The van der Waals surface area contributed by atoms with Gasteiger partial charge in [0.25, 0.3) is 0 Å². The molecule has 4 nitrogen and oxygen atoms in total. The van der Waals surface area contributed by atoms with E-state index in [4.69, 9.17) is 14.4 Å². The van der Waals surface area contributed by atoms with Crippen LogP contribution >= 0.6 is 0 Å². The number of furan rings is 1. The minimum atomic E-state index is -1.40. The molecular weight excluding hydrogens is 867 g/mol. The van der Waals surface area contributed by atoms with Gasteiger partial charge in [-0.15, -0.1) is 53.1 Å². The number of imidazole rings is 1. The van der Waals surface area contributed by atoms with Gasteiger partial charge in [-0.25, -0.2) is 0 Å². The maximum Gasteiger partial charge on any atom is 0.123 e. The fraction of sp³-hybridized carbons (Fsp3) is 0.143. The topological polar surface area (TPSA) is 43.9 Å². The molecule has 0 atom stereocenters. The molecule has 9 aromatic rings. The Bertz CT molecular complexity index is 2710. The summed E-state index contributed by atoms with van der Waals surface area (Å²) in [7, 11) is -1.40. The van der Waals surface area contributed by atoms with Crippen molar-refractivity contribution in [3.05, 3.63) is 169 Å². The van der Waals surface area contributed by atoms with E-state index in [1.54, 1.807) is 0 Å². The summed E-state index contributed by atoms with van der Waals surface area (Å²) in [6, 6.07) is 56.5. The molecule has 3 aromatic heterocycles. The van der Waals surface area contributed by atoms with Crippen LogP contribution in [0, 0.1) is 18.1 Å². The Morgan fingerprint density at radius 2 is 1.40 bits per heavy atom. The molecule has 0 aliphatic heterocycles. The number of rotatable bonds is 7. The number of nitrogens with zero attached hydrogens (tertiary/aromatic N) is 3. The zero-order chi connectivity index (χ0) is 37.2. The van der Waals surface area contributed by atoms with Gasteiger partial charge < -0.3 is 14.0 Å². The Morgan fingerprint density at radius 1 is 0.691 bits per heavy atom. The molecule has 0 aliphatic rings. The van der Waals surface area contributed by atoms with Crippen LogP contribution in [0.3, 0.4) is 0 Å². The van der Waals surface area contributed by atoms with Crippen molar-refractivity contribution in [2.45, 2.75) is 39.9 Å². The third kappa shape index (κ3) is 8.04. The average molecular weight is 910 g/mol. The van der Waals surface area contributed by atoms with Crippen molar-refractivity contribution in [1.29, 1.82) is 0 Å². The first kappa shape index (κ1) is 37.9. The smallest absolute Gasteiger partial charge is 0.123 e. The van der Waals surface area contributed by atoms with E-state index in [0.29, 0.717) is 5.92 Å². The first-order chi connectivity index (χ1) is 26.2. The molecule has 9 rings (SSSR count). The molecule has 0 N–H and O–H groups in total. The number of benzene rings is 6. The number of hydrogen-bond acceptors (Lipinski definition) is 3. The molecule has 6 aromatic carbocycles. The van der Waals surface area contributed by atoms with Gasteiger partial charge in [0.1, 0.15) is 5.58 Å². The van der Waals surface area contributed by atoms with E-state index in [0.717, 1.165) is 67.7 Å². The Balaban J connectivity index is 0.000000167. The number of aromatic nitrogens is 3. The first-order valence-electron chi connectivity index (χ1n) is 18.7. The molecule has 0 unspecified atom stereocenters. The third-order valence-electron chi connectivity index (χ3n) is 9.74. The van der Waals surface area contributed by atoms with E-state index in [9.17, 15) is 0 Å². The summed E-state index contributed by atoms with van der Waals surface area (Å²) >= 11 is 0. The van der Waals surface area contributed by atoms with Crippen molar-refractivity contribution in [2.75, 3.05) is 0 Å². The molecular formula is C49H43IrN3OSi-2. The summed E-state index contributed by atoms with van der Waals surface area (Å²) < 4.78 is 8.25. The van der Waals surface area contributed by atoms with Crippen LogP contribution in [0.4, 0.5) is 0 Å². The van der Waals surface area contributed by atoms with E-state index in [2.05, 4.69) is 123 Å². The van der Waals surface area contributed by atoms with Crippen LogP contribution < -0.4 is 5.19 Å². The molecule has 0 spiro atoms. The van der Waals surface area contributed by atoms with Crippen LogP contribution in [0.5, 0.6) is 0 Å². The summed E-state index contributed by atoms with van der Waals surface area (Å²) in [4.78, 5) is 9.73. The van der Waals surface area contributed by atoms with Gasteiger partial charge >= 0.3 is 0 Å². The van der Waals surface area contributed by atoms with Gasteiger partial charge in [-0.05, 0) is 64.5 Å². The number of para-hydroxylation sites is 4. The fourth-order valence-corrected chi connectivity index (χ4v) is 8.78. The van der Waals surface area contributed by atoms with Crippen molar-refractivity contribution >= 4 is 46.2 Å². The van der Waals surface area contributed by atoms with Gasteiger partial charge in [-0.1, -0.05) is 135 Å². The molecule has 55 heavy (non-hydrogen) atoms. The molecule has 6 heteroatoms. The normalized spacial score (nSPS) is 11.5. The van der Waals surface area contributed by atoms with Crippen LogP contribution in [0.1, 0.15) is 19.4 Å². The van der Waals surface area contributed by atoms with Gasteiger partial charge in [0, 0.05) is 32.0 Å². The molecule has 0 saturated carbocycles. The van der Waals surface area contributed by atoms with Crippen LogP contribution in [0.2, 0.25) is 19.6 Å². The standard InChI is InChI=1S/C25H15N2O.C24H28NSi.Ir/c1-2-8-18(9-3-1)27-22-12-6-5-11-21(22)26-25(27)17-14-15-20-19-10-4-7-13-23(19)28-24(20)16-17;1-18(2)14-22-16-23(25-17-24(22)26(3,4)5)21-13-9-12-20(15-21)19-10-7-6-8-11-19;/h1-13,15-16H;6-12,15-18H,14H2,1-5H3;/q2*-1;. The van der Waals surface area contributed by atoms with Gasteiger partial charge in [-0.2, -0.15) is 0 Å². The maximum atomic E-state index is 6.08. The number of hydrogen-bond donors (Lipinski definition) is 0. The minimum Gasteiger partial charge on any atom is -0.476 e. The van der Waals surface area contributed by atoms with Crippen molar-refractivity contribution in [3.8, 4) is 39.5 Å².